The fraction of sp³-hybridized carbons (Fsp3) is 0.533. The zero-order valence-electron chi connectivity index (χ0n) is 12.4. The molecule has 2 unspecified atom stereocenters. The number of aromatic amines is 1. The van der Waals surface area contributed by atoms with Gasteiger partial charge in [0.05, 0.1) is 5.39 Å². The van der Waals surface area contributed by atoms with Crippen molar-refractivity contribution in [2.45, 2.75) is 0 Å². The summed E-state index contributed by atoms with van der Waals surface area (Å²) in [5.74, 6) is 2.54. The second-order valence-electron chi connectivity index (χ2n) is 6.27. The van der Waals surface area contributed by atoms with Crippen molar-refractivity contribution in [2.75, 3.05) is 38.2 Å². The van der Waals surface area contributed by atoms with Crippen LogP contribution < -0.4 is 4.90 Å². The third-order valence-electron chi connectivity index (χ3n) is 5.04. The minimum Gasteiger partial charge on any atom is -0.387 e. The summed E-state index contributed by atoms with van der Waals surface area (Å²) in [5.41, 5.74) is 0.854. The number of anilines is 1. The van der Waals surface area contributed by atoms with Gasteiger partial charge in [0.25, 0.3) is 0 Å². The molecule has 7 nitrogen and oxygen atoms in total. The molecule has 3 heterocycles. The summed E-state index contributed by atoms with van der Waals surface area (Å²) in [6, 6.07) is 2.00. The topological polar surface area (TPSA) is 85.3 Å². The van der Waals surface area contributed by atoms with Crippen molar-refractivity contribution in [1.82, 2.24) is 19.9 Å². The van der Waals surface area contributed by atoms with Crippen LogP contribution in [0.5, 0.6) is 0 Å². The van der Waals surface area contributed by atoms with Crippen LogP contribution in [0.4, 0.5) is 5.82 Å². The minimum atomic E-state index is -0.379. The Morgan fingerprint density at radius 3 is 2.95 bits per heavy atom. The Bertz CT molecular complexity index is 703. The highest BCUT2D eigenvalue weighted by Gasteiger charge is 2.56. The van der Waals surface area contributed by atoms with Gasteiger partial charge in [-0.3, -0.25) is 4.79 Å². The summed E-state index contributed by atoms with van der Waals surface area (Å²) in [7, 11) is 2.06. The van der Waals surface area contributed by atoms with Gasteiger partial charge in [0.15, 0.2) is 0 Å². The quantitative estimate of drug-likeness (QED) is 0.836. The number of piperidine rings is 1. The number of hydrogen-bond donors (Lipinski definition) is 2. The molecule has 2 N–H and O–H groups in total. The van der Waals surface area contributed by atoms with Crippen molar-refractivity contribution in [3.8, 4) is 0 Å². The van der Waals surface area contributed by atoms with Gasteiger partial charge in [-0.1, -0.05) is 0 Å². The molecule has 4 rings (SSSR count). The second-order valence-corrected chi connectivity index (χ2v) is 6.27. The monoisotopic (exact) mass is 301 g/mol. The maximum Gasteiger partial charge on any atom is 0.248 e. The van der Waals surface area contributed by atoms with E-state index in [1.54, 1.807) is 11.2 Å². The van der Waals surface area contributed by atoms with Gasteiger partial charge in [-0.05, 0) is 23.8 Å². The van der Waals surface area contributed by atoms with Crippen molar-refractivity contribution < 1.29 is 9.90 Å². The van der Waals surface area contributed by atoms with Gasteiger partial charge in [0.2, 0.25) is 5.91 Å². The van der Waals surface area contributed by atoms with E-state index < -0.39 is 0 Å². The predicted molar refractivity (Wildman–Crippen MR) is 81.3 cm³/mol. The van der Waals surface area contributed by atoms with E-state index in [9.17, 15) is 4.79 Å². The number of fused-ring (bicyclic) bond motifs is 2. The van der Waals surface area contributed by atoms with Crippen LogP contribution >= 0.6 is 0 Å². The standard InChI is InChI=1S/C15H19N5O2/c1-19(15-9-2-3-16-14(9)17-8-18-15)4-10-11-5-20(6-12(10)11)13(22)7-21/h2-3,8,10-12,21H,4-7H2,1H3,(H,16,17,18). The van der Waals surface area contributed by atoms with E-state index in [2.05, 4.69) is 26.9 Å². The lowest BCUT2D eigenvalue weighted by Crippen LogP contribution is -2.35. The molecule has 2 atom stereocenters. The fourth-order valence-electron chi connectivity index (χ4n) is 3.79. The third kappa shape index (κ3) is 2.04. The molecule has 2 aromatic rings. The number of rotatable bonds is 4. The summed E-state index contributed by atoms with van der Waals surface area (Å²) in [5, 5.41) is 9.95. The first-order valence-corrected chi connectivity index (χ1v) is 7.57. The highest BCUT2D eigenvalue weighted by atomic mass is 16.3. The van der Waals surface area contributed by atoms with Gasteiger partial charge in [0, 0.05) is 32.9 Å². The average Bonchev–Trinajstić information content (AvgIpc) is 2.94. The molecule has 1 saturated carbocycles. The molecule has 7 heteroatoms. The van der Waals surface area contributed by atoms with Crippen molar-refractivity contribution in [1.29, 1.82) is 0 Å². The third-order valence-corrected chi connectivity index (χ3v) is 5.04. The van der Waals surface area contributed by atoms with Crippen LogP contribution in [0.25, 0.3) is 11.0 Å². The van der Waals surface area contributed by atoms with Crippen LogP contribution in [0.2, 0.25) is 0 Å². The Morgan fingerprint density at radius 1 is 1.45 bits per heavy atom. The zero-order chi connectivity index (χ0) is 15.3. The average molecular weight is 301 g/mol. The van der Waals surface area contributed by atoms with Gasteiger partial charge < -0.3 is 19.9 Å². The Balaban J connectivity index is 1.42. The molecule has 0 aromatic carbocycles. The Kier molecular flexibility index (Phi) is 3.04. The molecular weight excluding hydrogens is 282 g/mol. The van der Waals surface area contributed by atoms with E-state index in [0.717, 1.165) is 36.5 Å². The molecule has 1 aliphatic carbocycles. The normalized spacial score (nSPS) is 26.3. The number of nitrogens with zero attached hydrogens (tertiary/aromatic N) is 4. The summed E-state index contributed by atoms with van der Waals surface area (Å²) in [4.78, 5) is 27.2. The highest BCUT2D eigenvalue weighted by Crippen LogP contribution is 2.52. The van der Waals surface area contributed by atoms with E-state index in [1.807, 2.05) is 12.3 Å². The van der Waals surface area contributed by atoms with Crippen LogP contribution in [0, 0.1) is 17.8 Å². The van der Waals surface area contributed by atoms with E-state index >= 15 is 0 Å². The highest BCUT2D eigenvalue weighted by molar-refractivity contribution is 5.87. The number of likely N-dealkylation sites (tertiary alicyclic amines) is 1. The number of H-pyrrole nitrogens is 1. The molecule has 1 saturated heterocycles. The van der Waals surface area contributed by atoms with E-state index in [-0.39, 0.29) is 12.5 Å². The van der Waals surface area contributed by atoms with Crippen LogP contribution in [0.1, 0.15) is 0 Å². The van der Waals surface area contributed by atoms with Crippen molar-refractivity contribution in [2.24, 2.45) is 17.8 Å². The molecule has 2 aromatic heterocycles. The number of aliphatic hydroxyl groups excluding tert-OH is 1. The van der Waals surface area contributed by atoms with Crippen molar-refractivity contribution in [3.63, 3.8) is 0 Å². The number of carbonyl (C=O) groups excluding carboxylic acids is 1. The lowest BCUT2D eigenvalue weighted by molar-refractivity contribution is -0.133. The number of amides is 1. The minimum absolute atomic E-state index is 0.149. The second kappa shape index (κ2) is 4.95. The Morgan fingerprint density at radius 2 is 2.23 bits per heavy atom. The molecular formula is C15H19N5O2. The van der Waals surface area contributed by atoms with Gasteiger partial charge in [0.1, 0.15) is 24.4 Å². The summed E-state index contributed by atoms with van der Waals surface area (Å²) in [6.45, 7) is 2.13. The SMILES string of the molecule is CN(CC1C2CN(C(=O)CO)CC21)c1ncnc2[nH]ccc12. The maximum absolute atomic E-state index is 11.5. The zero-order valence-corrected chi connectivity index (χ0v) is 12.4. The maximum atomic E-state index is 11.5. The molecule has 1 aliphatic heterocycles. The lowest BCUT2D eigenvalue weighted by Gasteiger charge is -2.22. The van der Waals surface area contributed by atoms with Gasteiger partial charge in [-0.2, -0.15) is 0 Å². The molecule has 0 bridgehead atoms. The number of hydrogen-bond acceptors (Lipinski definition) is 5. The van der Waals surface area contributed by atoms with Gasteiger partial charge in [-0.25, -0.2) is 9.97 Å². The van der Waals surface area contributed by atoms with E-state index in [4.69, 9.17) is 5.11 Å². The van der Waals surface area contributed by atoms with E-state index in [0.29, 0.717) is 17.8 Å². The van der Waals surface area contributed by atoms with Crippen LogP contribution in [0.15, 0.2) is 18.6 Å². The number of aliphatic hydroxyl groups is 1. The smallest absolute Gasteiger partial charge is 0.248 e. The number of aromatic nitrogens is 3. The molecule has 2 aliphatic rings. The van der Waals surface area contributed by atoms with Crippen LogP contribution in [-0.4, -0.2) is 64.2 Å². The largest absolute Gasteiger partial charge is 0.387 e. The van der Waals surface area contributed by atoms with Crippen LogP contribution in [0.3, 0.4) is 0 Å². The molecule has 0 spiro atoms. The summed E-state index contributed by atoms with van der Waals surface area (Å²) >= 11 is 0. The molecule has 0 radical (unpaired) electrons. The van der Waals surface area contributed by atoms with Crippen LogP contribution in [-0.2, 0) is 4.79 Å². The first-order chi connectivity index (χ1) is 10.7. The number of carbonyl (C=O) groups is 1. The Hall–Kier alpha value is -2.15. The summed E-state index contributed by atoms with van der Waals surface area (Å²) in [6.07, 6.45) is 3.46. The molecule has 22 heavy (non-hydrogen) atoms. The van der Waals surface area contributed by atoms with Crippen molar-refractivity contribution in [3.05, 3.63) is 18.6 Å². The van der Waals surface area contributed by atoms with E-state index in [1.165, 1.54) is 0 Å². The number of nitrogens with one attached hydrogen (secondary N) is 1. The lowest BCUT2D eigenvalue weighted by atomic mass is 10.2. The first-order valence-electron chi connectivity index (χ1n) is 7.57. The van der Waals surface area contributed by atoms with Gasteiger partial charge >= 0.3 is 0 Å². The predicted octanol–water partition coefficient (Wildman–Crippen LogP) is 0.0908. The molecule has 2 fully saturated rings. The Labute approximate surface area is 128 Å². The first kappa shape index (κ1) is 13.5. The molecule has 1 amide bonds. The fourth-order valence-corrected chi connectivity index (χ4v) is 3.79. The molecule has 116 valence electrons. The summed E-state index contributed by atoms with van der Waals surface area (Å²) < 4.78 is 0. The van der Waals surface area contributed by atoms with Crippen molar-refractivity contribution >= 4 is 22.8 Å². The van der Waals surface area contributed by atoms with Gasteiger partial charge in [-0.15, -0.1) is 0 Å².